The third-order valence-electron chi connectivity index (χ3n) is 6.29. The van der Waals surface area contributed by atoms with Crippen LogP contribution in [0.4, 0.5) is 0 Å². The van der Waals surface area contributed by atoms with Gasteiger partial charge in [-0.15, -0.1) is 5.06 Å². The molecule has 3 unspecified atom stereocenters. The van der Waals surface area contributed by atoms with Gasteiger partial charge in [-0.3, -0.25) is 4.79 Å². The minimum Gasteiger partial charge on any atom is -0.367 e. The molecule has 2 aliphatic heterocycles. The monoisotopic (exact) mass is 341 g/mol. The smallest absolute Gasteiger partial charge is 0.322 e. The Balaban J connectivity index is 2.44. The van der Waals surface area contributed by atoms with Crippen molar-refractivity contribution in [2.24, 2.45) is 11.3 Å². The van der Waals surface area contributed by atoms with E-state index in [4.69, 9.17) is 14.3 Å². The van der Waals surface area contributed by atoms with Crippen LogP contribution in [-0.2, 0) is 19.1 Å². The van der Waals surface area contributed by atoms with Crippen molar-refractivity contribution in [2.45, 2.75) is 91.5 Å². The molecule has 0 bridgehead atoms. The Labute approximate surface area is 147 Å². The molecule has 2 heterocycles. The van der Waals surface area contributed by atoms with Gasteiger partial charge in [0.05, 0.1) is 24.3 Å². The highest BCUT2D eigenvalue weighted by Gasteiger charge is 2.63. The van der Waals surface area contributed by atoms with Crippen LogP contribution in [0.3, 0.4) is 0 Å². The lowest BCUT2D eigenvalue weighted by atomic mass is 9.67. The molecule has 24 heavy (non-hydrogen) atoms. The summed E-state index contributed by atoms with van der Waals surface area (Å²) in [6.45, 7) is 17.9. The van der Waals surface area contributed by atoms with Crippen LogP contribution >= 0.6 is 0 Å². The highest BCUT2D eigenvalue weighted by Crippen LogP contribution is 2.54. The van der Waals surface area contributed by atoms with Crippen LogP contribution in [0, 0.1) is 11.3 Å². The highest BCUT2D eigenvalue weighted by molar-refractivity contribution is 5.65. The third kappa shape index (κ3) is 3.11. The summed E-state index contributed by atoms with van der Waals surface area (Å²) in [6.07, 6.45) is 2.38. The maximum atomic E-state index is 11.8. The first-order chi connectivity index (χ1) is 10.9. The quantitative estimate of drug-likeness (QED) is 0.779. The molecule has 2 fully saturated rings. The number of rotatable bonds is 3. The first kappa shape index (κ1) is 19.7. The van der Waals surface area contributed by atoms with E-state index in [1.807, 2.05) is 5.06 Å². The fourth-order valence-electron chi connectivity index (χ4n) is 4.15. The second-order valence-corrected chi connectivity index (χ2v) is 8.89. The summed E-state index contributed by atoms with van der Waals surface area (Å²) >= 11 is 0. The summed E-state index contributed by atoms with van der Waals surface area (Å²) in [6, 6.07) is 0. The topological polar surface area (TPSA) is 48.0 Å². The van der Waals surface area contributed by atoms with Crippen molar-refractivity contribution in [1.29, 1.82) is 0 Å². The first-order valence-electron chi connectivity index (χ1n) is 9.21. The summed E-state index contributed by atoms with van der Waals surface area (Å²) in [4.78, 5) is 17.5. The molecule has 0 aromatic rings. The number of piperidine rings is 1. The fraction of sp³-hybridized carbons (Fsp3) is 0.947. The van der Waals surface area contributed by atoms with E-state index in [2.05, 4.69) is 48.5 Å². The lowest BCUT2D eigenvalue weighted by molar-refractivity contribution is -0.399. The zero-order valence-electron chi connectivity index (χ0n) is 16.7. The molecule has 2 saturated heterocycles. The second kappa shape index (κ2) is 6.26. The van der Waals surface area contributed by atoms with Crippen LogP contribution in [0.25, 0.3) is 0 Å². The van der Waals surface area contributed by atoms with Gasteiger partial charge in [-0.1, -0.05) is 34.6 Å². The SMILES string of the molecule is CCC1(C)CC2(OCC(C)(C)CO2)C(C)C(C)(CC)N1OC(C)=O. The molecule has 3 atom stereocenters. The van der Waals surface area contributed by atoms with Gasteiger partial charge in [0, 0.05) is 24.7 Å². The minimum atomic E-state index is -0.623. The van der Waals surface area contributed by atoms with E-state index < -0.39 is 5.79 Å². The van der Waals surface area contributed by atoms with Gasteiger partial charge in [-0.25, -0.2) is 0 Å². The number of hydrogen-bond donors (Lipinski definition) is 0. The third-order valence-corrected chi connectivity index (χ3v) is 6.29. The van der Waals surface area contributed by atoms with E-state index in [1.54, 1.807) is 0 Å². The molecule has 0 amide bonds. The lowest BCUT2D eigenvalue weighted by Gasteiger charge is -2.63. The van der Waals surface area contributed by atoms with Crippen LogP contribution < -0.4 is 0 Å². The average Bonchev–Trinajstić information content (AvgIpc) is 2.52. The molecule has 0 N–H and O–H groups in total. The zero-order valence-corrected chi connectivity index (χ0v) is 16.7. The van der Waals surface area contributed by atoms with Gasteiger partial charge in [0.15, 0.2) is 5.79 Å². The Morgan fingerprint density at radius 2 is 1.67 bits per heavy atom. The Hall–Kier alpha value is -0.650. The molecular formula is C19H35NO4. The Morgan fingerprint density at radius 3 is 2.08 bits per heavy atom. The van der Waals surface area contributed by atoms with Crippen molar-refractivity contribution >= 4 is 5.97 Å². The minimum absolute atomic E-state index is 0.0310. The van der Waals surface area contributed by atoms with E-state index >= 15 is 0 Å². The average molecular weight is 341 g/mol. The maximum absolute atomic E-state index is 11.8. The number of hydrogen-bond acceptors (Lipinski definition) is 5. The Morgan fingerprint density at radius 1 is 1.12 bits per heavy atom. The van der Waals surface area contributed by atoms with Gasteiger partial charge < -0.3 is 14.3 Å². The first-order valence-corrected chi connectivity index (χ1v) is 9.21. The fourth-order valence-corrected chi connectivity index (χ4v) is 4.15. The van der Waals surface area contributed by atoms with E-state index in [9.17, 15) is 4.79 Å². The van der Waals surface area contributed by atoms with E-state index in [1.165, 1.54) is 6.92 Å². The van der Waals surface area contributed by atoms with E-state index in [0.29, 0.717) is 19.6 Å². The normalized spacial score (nSPS) is 38.9. The van der Waals surface area contributed by atoms with Crippen molar-refractivity contribution in [1.82, 2.24) is 5.06 Å². The largest absolute Gasteiger partial charge is 0.367 e. The van der Waals surface area contributed by atoms with Crippen molar-refractivity contribution in [2.75, 3.05) is 13.2 Å². The summed E-state index contributed by atoms with van der Waals surface area (Å²) in [5, 5.41) is 1.94. The number of carbonyl (C=O) groups is 1. The zero-order chi connectivity index (χ0) is 18.4. The van der Waals surface area contributed by atoms with Gasteiger partial charge >= 0.3 is 5.97 Å². The molecule has 0 radical (unpaired) electrons. The molecule has 0 aromatic heterocycles. The molecule has 5 nitrogen and oxygen atoms in total. The molecule has 2 aliphatic rings. The predicted octanol–water partition coefficient (Wildman–Crippen LogP) is 3.91. The second-order valence-electron chi connectivity index (χ2n) is 8.89. The molecule has 0 saturated carbocycles. The van der Waals surface area contributed by atoms with Crippen molar-refractivity contribution in [3.05, 3.63) is 0 Å². The summed E-state index contributed by atoms with van der Waals surface area (Å²) < 4.78 is 12.8. The van der Waals surface area contributed by atoms with Crippen LogP contribution in [0.15, 0.2) is 0 Å². The number of hydroxylamine groups is 2. The van der Waals surface area contributed by atoms with Crippen LogP contribution in [0.2, 0.25) is 0 Å². The number of carbonyl (C=O) groups excluding carboxylic acids is 1. The van der Waals surface area contributed by atoms with Gasteiger partial charge in [0.25, 0.3) is 0 Å². The molecule has 2 rings (SSSR count). The van der Waals surface area contributed by atoms with Gasteiger partial charge in [0.1, 0.15) is 0 Å². The molecular weight excluding hydrogens is 306 g/mol. The van der Waals surface area contributed by atoms with Crippen molar-refractivity contribution in [3.8, 4) is 0 Å². The molecule has 5 heteroatoms. The van der Waals surface area contributed by atoms with Gasteiger partial charge in [-0.2, -0.15) is 0 Å². The summed E-state index contributed by atoms with van der Waals surface area (Å²) in [5.74, 6) is -0.823. The highest BCUT2D eigenvalue weighted by atomic mass is 16.7. The molecule has 140 valence electrons. The van der Waals surface area contributed by atoms with E-state index in [-0.39, 0.29) is 28.4 Å². The maximum Gasteiger partial charge on any atom is 0.322 e. The predicted molar refractivity (Wildman–Crippen MR) is 93.2 cm³/mol. The Kier molecular flexibility index (Phi) is 5.13. The van der Waals surface area contributed by atoms with Crippen LogP contribution in [0.5, 0.6) is 0 Å². The number of nitrogens with zero attached hydrogens (tertiary/aromatic N) is 1. The lowest BCUT2D eigenvalue weighted by Crippen LogP contribution is -2.73. The van der Waals surface area contributed by atoms with Crippen molar-refractivity contribution in [3.63, 3.8) is 0 Å². The number of ether oxygens (including phenoxy) is 2. The molecule has 0 aliphatic carbocycles. The van der Waals surface area contributed by atoms with E-state index in [0.717, 1.165) is 12.8 Å². The molecule has 1 spiro atoms. The van der Waals surface area contributed by atoms with Crippen LogP contribution in [0.1, 0.15) is 74.7 Å². The van der Waals surface area contributed by atoms with Crippen molar-refractivity contribution < 1.29 is 19.1 Å². The summed E-state index contributed by atoms with van der Waals surface area (Å²) in [5.41, 5.74) is -0.649. The summed E-state index contributed by atoms with van der Waals surface area (Å²) in [7, 11) is 0. The Bertz CT molecular complexity index is 482. The standard InChI is InChI=1S/C19H35NO4/c1-9-17(7)11-19(22-12-16(5,6)13-23-19)14(3)18(8,10-2)20(17)24-15(4)21/h14H,9-13H2,1-8H3. The van der Waals surface area contributed by atoms with Gasteiger partial charge in [0.2, 0.25) is 0 Å². The van der Waals surface area contributed by atoms with Crippen LogP contribution in [-0.4, -0.2) is 41.1 Å². The van der Waals surface area contributed by atoms with Gasteiger partial charge in [-0.05, 0) is 26.7 Å². The molecule has 0 aromatic carbocycles.